The number of amidine groups is 1. The van der Waals surface area contributed by atoms with E-state index in [1.807, 2.05) is 6.07 Å². The molecule has 1 amide bonds. The van der Waals surface area contributed by atoms with E-state index in [0.717, 1.165) is 12.1 Å². The molecule has 0 saturated heterocycles. The van der Waals surface area contributed by atoms with Gasteiger partial charge in [-0.05, 0) is 18.1 Å². The number of benzene rings is 1. The average Bonchev–Trinajstić information content (AvgIpc) is 2.45. The predicted molar refractivity (Wildman–Crippen MR) is 76.4 cm³/mol. The lowest BCUT2D eigenvalue weighted by Crippen LogP contribution is -2.28. The van der Waals surface area contributed by atoms with Crippen molar-refractivity contribution < 1.29 is 10.0 Å². The number of hydrogen-bond acceptors (Lipinski definition) is 3. The summed E-state index contributed by atoms with van der Waals surface area (Å²) in [5.74, 6) is 0.456. The fourth-order valence-corrected chi connectivity index (χ4v) is 1.65. The summed E-state index contributed by atoms with van der Waals surface area (Å²) in [6.45, 7) is 4.12. The van der Waals surface area contributed by atoms with Crippen LogP contribution in [0.4, 0.5) is 5.69 Å². The van der Waals surface area contributed by atoms with E-state index in [4.69, 9.17) is 10.9 Å². The van der Waals surface area contributed by atoms with Gasteiger partial charge in [0, 0.05) is 24.7 Å². The highest BCUT2D eigenvalue weighted by Crippen LogP contribution is 2.17. The Labute approximate surface area is 113 Å². The maximum Gasteiger partial charge on any atom is 0.226 e. The average molecular weight is 263 g/mol. The van der Waals surface area contributed by atoms with E-state index in [1.54, 1.807) is 30.1 Å². The molecule has 1 rings (SSSR count). The van der Waals surface area contributed by atoms with E-state index >= 15 is 0 Å². The number of nitrogens with two attached hydrogens (primary N) is 1. The summed E-state index contributed by atoms with van der Waals surface area (Å²) in [7, 11) is 1.73. The highest BCUT2D eigenvalue weighted by Gasteiger charge is 2.14. The van der Waals surface area contributed by atoms with Crippen molar-refractivity contribution in [3.8, 4) is 0 Å². The van der Waals surface area contributed by atoms with Crippen molar-refractivity contribution in [1.29, 1.82) is 0 Å². The molecule has 5 heteroatoms. The summed E-state index contributed by atoms with van der Waals surface area (Å²) < 4.78 is 0. The molecule has 0 aliphatic carbocycles. The monoisotopic (exact) mass is 263 g/mol. The molecule has 0 aromatic heterocycles. The van der Waals surface area contributed by atoms with Gasteiger partial charge in [0.05, 0.1) is 0 Å². The third kappa shape index (κ3) is 3.98. The molecule has 5 nitrogen and oxygen atoms in total. The quantitative estimate of drug-likeness (QED) is 0.370. The Kier molecular flexibility index (Phi) is 5.36. The minimum Gasteiger partial charge on any atom is -0.409 e. The molecule has 19 heavy (non-hydrogen) atoms. The van der Waals surface area contributed by atoms with Crippen LogP contribution in [0.15, 0.2) is 29.4 Å². The van der Waals surface area contributed by atoms with Gasteiger partial charge in [-0.2, -0.15) is 0 Å². The number of carbonyl (C=O) groups is 1. The van der Waals surface area contributed by atoms with Crippen LogP contribution in [0.25, 0.3) is 0 Å². The number of nitrogens with zero attached hydrogens (tertiary/aromatic N) is 2. The van der Waals surface area contributed by atoms with E-state index in [2.05, 4.69) is 19.0 Å². The van der Waals surface area contributed by atoms with E-state index in [0.29, 0.717) is 17.9 Å². The SMILES string of the molecule is CCC(C)CC(=O)N(C)c1cccc(/C(N)=N/O)c1. The molecular formula is C14H21N3O2. The highest BCUT2D eigenvalue weighted by molar-refractivity contribution is 5.99. The van der Waals surface area contributed by atoms with E-state index in [1.165, 1.54) is 0 Å². The zero-order chi connectivity index (χ0) is 14.4. The number of anilines is 1. The Bertz CT molecular complexity index is 472. The van der Waals surface area contributed by atoms with Crippen LogP contribution in [0.2, 0.25) is 0 Å². The first-order valence-electron chi connectivity index (χ1n) is 6.34. The summed E-state index contributed by atoms with van der Waals surface area (Å²) in [6.07, 6.45) is 1.49. The fraction of sp³-hybridized carbons (Fsp3) is 0.429. The standard InChI is InChI=1S/C14H21N3O2/c1-4-10(2)8-13(18)17(3)12-7-5-6-11(9-12)14(15)16-19/h5-7,9-10,19H,4,8H2,1-3H3,(H2,15,16). The Morgan fingerprint density at radius 3 is 2.79 bits per heavy atom. The Morgan fingerprint density at radius 2 is 2.21 bits per heavy atom. The Morgan fingerprint density at radius 1 is 1.53 bits per heavy atom. The van der Waals surface area contributed by atoms with Gasteiger partial charge in [0.25, 0.3) is 0 Å². The second-order valence-electron chi connectivity index (χ2n) is 4.71. The molecule has 0 aliphatic heterocycles. The molecule has 1 atom stereocenters. The van der Waals surface area contributed by atoms with Crippen LogP contribution in [0.3, 0.4) is 0 Å². The van der Waals surface area contributed by atoms with Crippen molar-refractivity contribution in [3.05, 3.63) is 29.8 Å². The third-order valence-corrected chi connectivity index (χ3v) is 3.23. The summed E-state index contributed by atoms with van der Waals surface area (Å²) in [5, 5.41) is 11.6. The topological polar surface area (TPSA) is 78.9 Å². The Hall–Kier alpha value is -2.04. The van der Waals surface area contributed by atoms with Crippen molar-refractivity contribution in [3.63, 3.8) is 0 Å². The van der Waals surface area contributed by atoms with Crippen LogP contribution in [0.1, 0.15) is 32.3 Å². The Balaban J connectivity index is 2.88. The van der Waals surface area contributed by atoms with Gasteiger partial charge < -0.3 is 15.8 Å². The molecule has 0 aliphatic rings. The first kappa shape index (κ1) is 15.0. The smallest absolute Gasteiger partial charge is 0.226 e. The normalized spacial score (nSPS) is 13.1. The molecule has 0 radical (unpaired) electrons. The van der Waals surface area contributed by atoms with Crippen molar-refractivity contribution in [2.45, 2.75) is 26.7 Å². The molecule has 0 fully saturated rings. The highest BCUT2D eigenvalue weighted by atomic mass is 16.4. The molecule has 3 N–H and O–H groups in total. The van der Waals surface area contributed by atoms with Crippen LogP contribution in [0.5, 0.6) is 0 Å². The van der Waals surface area contributed by atoms with Crippen molar-refractivity contribution in [2.75, 3.05) is 11.9 Å². The number of carbonyl (C=O) groups excluding carboxylic acids is 1. The summed E-state index contributed by atoms with van der Waals surface area (Å²) in [5.41, 5.74) is 6.86. The van der Waals surface area contributed by atoms with Gasteiger partial charge >= 0.3 is 0 Å². The molecule has 0 bridgehead atoms. The van der Waals surface area contributed by atoms with Crippen LogP contribution in [-0.2, 0) is 4.79 Å². The zero-order valence-electron chi connectivity index (χ0n) is 11.6. The third-order valence-electron chi connectivity index (χ3n) is 3.23. The molecular weight excluding hydrogens is 242 g/mol. The van der Waals surface area contributed by atoms with E-state index in [9.17, 15) is 4.79 Å². The number of oxime groups is 1. The first-order valence-corrected chi connectivity index (χ1v) is 6.34. The summed E-state index contributed by atoms with van der Waals surface area (Å²) >= 11 is 0. The van der Waals surface area contributed by atoms with Crippen LogP contribution in [-0.4, -0.2) is 24.0 Å². The van der Waals surface area contributed by atoms with Gasteiger partial charge in [-0.25, -0.2) is 0 Å². The molecule has 1 aromatic rings. The number of hydrogen-bond donors (Lipinski definition) is 2. The van der Waals surface area contributed by atoms with Gasteiger partial charge in [-0.15, -0.1) is 0 Å². The van der Waals surface area contributed by atoms with Gasteiger partial charge in [-0.3, -0.25) is 4.79 Å². The van der Waals surface area contributed by atoms with Gasteiger partial charge in [0.1, 0.15) is 0 Å². The molecule has 104 valence electrons. The zero-order valence-corrected chi connectivity index (χ0v) is 11.6. The lowest BCUT2D eigenvalue weighted by Gasteiger charge is -2.19. The maximum absolute atomic E-state index is 12.1. The minimum atomic E-state index is 0.0321. The fourth-order valence-electron chi connectivity index (χ4n) is 1.65. The molecule has 0 saturated carbocycles. The minimum absolute atomic E-state index is 0.0321. The summed E-state index contributed by atoms with van der Waals surface area (Å²) in [4.78, 5) is 13.7. The largest absolute Gasteiger partial charge is 0.409 e. The van der Waals surface area contributed by atoms with E-state index < -0.39 is 0 Å². The molecule has 1 unspecified atom stereocenters. The predicted octanol–water partition coefficient (Wildman–Crippen LogP) is 2.18. The van der Waals surface area contributed by atoms with Crippen molar-refractivity contribution in [1.82, 2.24) is 0 Å². The molecule has 0 heterocycles. The van der Waals surface area contributed by atoms with Crippen LogP contribution >= 0.6 is 0 Å². The van der Waals surface area contributed by atoms with Gasteiger partial charge in [0.2, 0.25) is 5.91 Å². The number of rotatable bonds is 5. The van der Waals surface area contributed by atoms with Crippen molar-refractivity contribution >= 4 is 17.4 Å². The number of amides is 1. The second kappa shape index (κ2) is 6.78. The second-order valence-corrected chi connectivity index (χ2v) is 4.71. The lowest BCUT2D eigenvalue weighted by atomic mass is 10.0. The van der Waals surface area contributed by atoms with Gasteiger partial charge in [0.15, 0.2) is 5.84 Å². The van der Waals surface area contributed by atoms with Gasteiger partial charge in [-0.1, -0.05) is 37.6 Å². The maximum atomic E-state index is 12.1. The summed E-state index contributed by atoms with van der Waals surface area (Å²) in [6, 6.07) is 7.05. The van der Waals surface area contributed by atoms with E-state index in [-0.39, 0.29) is 11.7 Å². The molecule has 1 aromatic carbocycles. The van der Waals surface area contributed by atoms with Crippen LogP contribution in [0, 0.1) is 5.92 Å². The van der Waals surface area contributed by atoms with Crippen molar-refractivity contribution in [2.24, 2.45) is 16.8 Å². The lowest BCUT2D eigenvalue weighted by molar-refractivity contribution is -0.119. The first-order chi connectivity index (χ1) is 8.99. The molecule has 0 spiro atoms. The van der Waals surface area contributed by atoms with Crippen LogP contribution < -0.4 is 10.6 Å².